The van der Waals surface area contributed by atoms with E-state index >= 15 is 0 Å². The Morgan fingerprint density at radius 2 is 1.95 bits per heavy atom. The number of nitrogens with one attached hydrogen (secondary N) is 1. The standard InChI is InChI=1S/C28H38ClN3O4S/c1-19(2)37(34,35)32-11-5-7-23(18-32)28(33)16-25-15-26(27(29)17-30-25)22-6-4-8-24(14-22)31-20(3)21-9-12-36-13-10-21/h4,6,8,14-15,17,19-21,23,31H,5,7,9-13,16,18H2,1-3H3/t20-,23+/m0/s1. The Morgan fingerprint density at radius 1 is 1.19 bits per heavy atom. The fraction of sp³-hybridized carbons (Fsp3) is 0.571. The molecular weight excluding hydrogens is 510 g/mol. The Hall–Kier alpha value is -2.00. The van der Waals surface area contributed by atoms with E-state index in [9.17, 15) is 13.2 Å². The monoisotopic (exact) mass is 547 g/mol. The van der Waals surface area contributed by atoms with E-state index in [1.807, 2.05) is 18.2 Å². The lowest BCUT2D eigenvalue weighted by Crippen LogP contribution is -2.45. The molecule has 1 N–H and O–H groups in total. The summed E-state index contributed by atoms with van der Waals surface area (Å²) in [7, 11) is -3.37. The second kappa shape index (κ2) is 12.2. The molecule has 7 nitrogen and oxygen atoms in total. The lowest BCUT2D eigenvalue weighted by Gasteiger charge is -2.32. The number of nitrogens with zero attached hydrogens (tertiary/aromatic N) is 2. The number of anilines is 1. The molecule has 0 bridgehead atoms. The van der Waals surface area contributed by atoms with Gasteiger partial charge in [-0.15, -0.1) is 0 Å². The van der Waals surface area contributed by atoms with Crippen molar-refractivity contribution in [2.75, 3.05) is 31.6 Å². The predicted octanol–water partition coefficient (Wildman–Crippen LogP) is 5.19. The normalized spacial score (nSPS) is 20.6. The first-order chi connectivity index (χ1) is 17.6. The maximum atomic E-state index is 13.2. The third-order valence-corrected chi connectivity index (χ3v) is 10.1. The number of aromatic nitrogens is 1. The molecule has 2 aliphatic rings. The molecule has 0 unspecified atom stereocenters. The summed E-state index contributed by atoms with van der Waals surface area (Å²) in [5, 5.41) is 3.66. The molecule has 4 rings (SSSR count). The SMILES string of the molecule is CC(C)S(=O)(=O)N1CCC[C@@H](C(=O)Cc2cc(-c3cccc(N[C@@H](C)C4CCOCC4)c3)c(Cl)cn2)C1. The lowest BCUT2D eigenvalue weighted by molar-refractivity contribution is -0.123. The first-order valence-corrected chi connectivity index (χ1v) is 15.1. The Labute approximate surface area is 226 Å². The average Bonchev–Trinajstić information content (AvgIpc) is 2.90. The molecule has 0 amide bonds. The number of Topliss-reactive ketones (excluding diaryl/α,β-unsaturated/α-hetero) is 1. The molecule has 202 valence electrons. The smallest absolute Gasteiger partial charge is 0.216 e. The van der Waals surface area contributed by atoms with Crippen LogP contribution >= 0.6 is 11.6 Å². The van der Waals surface area contributed by atoms with E-state index < -0.39 is 15.3 Å². The molecule has 0 saturated carbocycles. The third-order valence-electron chi connectivity index (χ3n) is 7.60. The van der Waals surface area contributed by atoms with Crippen LogP contribution in [0.15, 0.2) is 36.5 Å². The highest BCUT2D eigenvalue weighted by molar-refractivity contribution is 7.89. The number of benzene rings is 1. The molecular formula is C28H38ClN3O4S. The van der Waals surface area contributed by atoms with Crippen LogP contribution in [0.3, 0.4) is 0 Å². The number of hydrogen-bond donors (Lipinski definition) is 1. The van der Waals surface area contributed by atoms with Gasteiger partial charge in [0.25, 0.3) is 0 Å². The molecule has 9 heteroatoms. The highest BCUT2D eigenvalue weighted by Crippen LogP contribution is 2.31. The van der Waals surface area contributed by atoms with Crippen molar-refractivity contribution in [3.8, 4) is 11.1 Å². The quantitative estimate of drug-likeness (QED) is 0.465. The van der Waals surface area contributed by atoms with Gasteiger partial charge in [0.05, 0.1) is 10.3 Å². The molecule has 0 radical (unpaired) electrons. The molecule has 0 spiro atoms. The Kier molecular flexibility index (Phi) is 9.27. The van der Waals surface area contributed by atoms with Gasteiger partial charge in [0.15, 0.2) is 0 Å². The minimum Gasteiger partial charge on any atom is -0.382 e. The fourth-order valence-electron chi connectivity index (χ4n) is 5.23. The van der Waals surface area contributed by atoms with E-state index in [4.69, 9.17) is 16.3 Å². The van der Waals surface area contributed by atoms with Crippen LogP contribution < -0.4 is 5.32 Å². The number of carbonyl (C=O) groups is 1. The molecule has 2 fully saturated rings. The molecule has 37 heavy (non-hydrogen) atoms. The van der Waals surface area contributed by atoms with Gasteiger partial charge in [-0.3, -0.25) is 9.78 Å². The van der Waals surface area contributed by atoms with Crippen molar-refractivity contribution in [1.29, 1.82) is 0 Å². The van der Waals surface area contributed by atoms with E-state index in [1.54, 1.807) is 20.0 Å². The maximum Gasteiger partial charge on any atom is 0.216 e. The Balaban J connectivity index is 1.46. The number of sulfonamides is 1. The van der Waals surface area contributed by atoms with Crippen molar-refractivity contribution >= 4 is 33.1 Å². The molecule has 0 aliphatic carbocycles. The highest BCUT2D eigenvalue weighted by atomic mass is 35.5. The van der Waals surface area contributed by atoms with Crippen molar-refractivity contribution in [3.05, 3.63) is 47.2 Å². The number of pyridine rings is 1. The topological polar surface area (TPSA) is 88.6 Å². The third kappa shape index (κ3) is 6.91. The zero-order valence-electron chi connectivity index (χ0n) is 22.0. The van der Waals surface area contributed by atoms with Gasteiger partial charge in [0.1, 0.15) is 5.78 Å². The summed E-state index contributed by atoms with van der Waals surface area (Å²) < 4.78 is 32.2. The van der Waals surface area contributed by atoms with Gasteiger partial charge in [-0.25, -0.2) is 12.7 Å². The molecule has 3 heterocycles. The van der Waals surface area contributed by atoms with E-state index in [2.05, 4.69) is 29.4 Å². The van der Waals surface area contributed by atoms with Gasteiger partial charge in [-0.05, 0) is 76.1 Å². The first-order valence-electron chi connectivity index (χ1n) is 13.3. The molecule has 2 aromatic rings. The van der Waals surface area contributed by atoms with E-state index in [0.717, 1.165) is 42.9 Å². The number of hydrogen-bond acceptors (Lipinski definition) is 6. The van der Waals surface area contributed by atoms with Crippen LogP contribution in [0.2, 0.25) is 5.02 Å². The minimum absolute atomic E-state index is 0.0186. The van der Waals surface area contributed by atoms with E-state index in [1.165, 1.54) is 4.31 Å². The van der Waals surface area contributed by atoms with E-state index in [-0.39, 0.29) is 24.7 Å². The largest absolute Gasteiger partial charge is 0.382 e. The number of piperidine rings is 1. The van der Waals surface area contributed by atoms with Gasteiger partial charge in [0, 0.05) is 67.8 Å². The summed E-state index contributed by atoms with van der Waals surface area (Å²) in [4.78, 5) is 17.6. The van der Waals surface area contributed by atoms with Crippen LogP contribution in [0.4, 0.5) is 5.69 Å². The summed E-state index contributed by atoms with van der Waals surface area (Å²) >= 11 is 6.54. The number of halogens is 1. The van der Waals surface area contributed by atoms with Crippen LogP contribution in [-0.4, -0.2) is 61.1 Å². The number of carbonyl (C=O) groups excluding carboxylic acids is 1. The van der Waals surface area contributed by atoms with Crippen LogP contribution in [0.5, 0.6) is 0 Å². The summed E-state index contributed by atoms with van der Waals surface area (Å²) in [6.07, 6.45) is 5.26. The van der Waals surface area contributed by atoms with Crippen molar-refractivity contribution in [3.63, 3.8) is 0 Å². The summed E-state index contributed by atoms with van der Waals surface area (Å²) in [6, 6.07) is 10.4. The zero-order valence-corrected chi connectivity index (χ0v) is 23.5. The van der Waals surface area contributed by atoms with Crippen LogP contribution in [0.1, 0.15) is 52.1 Å². The van der Waals surface area contributed by atoms with Gasteiger partial charge in [-0.1, -0.05) is 23.7 Å². The van der Waals surface area contributed by atoms with Gasteiger partial charge in [0.2, 0.25) is 10.0 Å². The number of ether oxygens (including phenoxy) is 1. The Morgan fingerprint density at radius 3 is 2.68 bits per heavy atom. The predicted molar refractivity (Wildman–Crippen MR) is 148 cm³/mol. The summed E-state index contributed by atoms with van der Waals surface area (Å²) in [6.45, 7) is 7.93. The van der Waals surface area contributed by atoms with Crippen LogP contribution in [0.25, 0.3) is 11.1 Å². The number of rotatable bonds is 9. The molecule has 2 saturated heterocycles. The molecule has 2 atom stereocenters. The number of ketones is 1. The Bertz CT molecular complexity index is 1200. The van der Waals surface area contributed by atoms with Crippen molar-refractivity contribution in [2.24, 2.45) is 11.8 Å². The summed E-state index contributed by atoms with van der Waals surface area (Å²) in [5.74, 6) is 0.276. The summed E-state index contributed by atoms with van der Waals surface area (Å²) in [5.41, 5.74) is 3.45. The van der Waals surface area contributed by atoms with Crippen LogP contribution in [0, 0.1) is 11.8 Å². The first kappa shape index (κ1) is 28.0. The maximum absolute atomic E-state index is 13.2. The average molecular weight is 548 g/mol. The highest BCUT2D eigenvalue weighted by Gasteiger charge is 2.33. The van der Waals surface area contributed by atoms with Gasteiger partial charge < -0.3 is 10.1 Å². The minimum atomic E-state index is -3.37. The van der Waals surface area contributed by atoms with Crippen molar-refractivity contribution in [1.82, 2.24) is 9.29 Å². The van der Waals surface area contributed by atoms with Gasteiger partial charge in [-0.2, -0.15) is 0 Å². The molecule has 1 aromatic heterocycles. The second-order valence-corrected chi connectivity index (χ2v) is 13.4. The molecule has 2 aliphatic heterocycles. The van der Waals surface area contributed by atoms with Crippen LogP contribution in [-0.2, 0) is 26.0 Å². The fourth-order valence-corrected chi connectivity index (χ4v) is 6.81. The van der Waals surface area contributed by atoms with Gasteiger partial charge >= 0.3 is 0 Å². The lowest BCUT2D eigenvalue weighted by atomic mass is 9.92. The second-order valence-electron chi connectivity index (χ2n) is 10.6. The van der Waals surface area contributed by atoms with Crippen molar-refractivity contribution in [2.45, 2.75) is 64.2 Å². The molecule has 1 aromatic carbocycles. The van der Waals surface area contributed by atoms with Crippen molar-refractivity contribution < 1.29 is 17.9 Å². The zero-order chi connectivity index (χ0) is 26.6. The van der Waals surface area contributed by atoms with E-state index in [0.29, 0.717) is 42.1 Å².